The SMILES string of the molecule is CC(C)[Si](c1nc2c(C(O)CC3CCC(OC(=O)c4ccccc4)CN3C(=O)OCc3ccccc3)cccc2s1)(C(C)C)C(C)C. The fourth-order valence-electron chi connectivity index (χ4n) is 7.70. The molecule has 47 heavy (non-hydrogen) atoms. The van der Waals surface area contributed by atoms with Crippen molar-refractivity contribution in [3.8, 4) is 0 Å². The fraction of sp³-hybridized carbons (Fsp3) is 0.447. The Balaban J connectivity index is 1.39. The van der Waals surface area contributed by atoms with Gasteiger partial charge in [0.2, 0.25) is 0 Å². The number of amides is 1. The summed E-state index contributed by atoms with van der Waals surface area (Å²) in [5, 5.41) is 11.8. The maximum absolute atomic E-state index is 13.6. The Hall–Kier alpha value is -3.53. The highest BCUT2D eigenvalue weighted by molar-refractivity contribution is 7.31. The number of aromatic nitrogens is 1. The van der Waals surface area contributed by atoms with E-state index < -0.39 is 32.3 Å². The summed E-state index contributed by atoms with van der Waals surface area (Å²) in [6, 6.07) is 24.2. The van der Waals surface area contributed by atoms with Crippen LogP contribution in [-0.4, -0.2) is 53.8 Å². The van der Waals surface area contributed by atoms with Gasteiger partial charge in [0, 0.05) is 11.6 Å². The molecule has 0 saturated carbocycles. The van der Waals surface area contributed by atoms with E-state index in [1.807, 2.05) is 48.5 Å². The van der Waals surface area contributed by atoms with Crippen LogP contribution in [-0.2, 0) is 16.1 Å². The van der Waals surface area contributed by atoms with Gasteiger partial charge in [0.15, 0.2) is 0 Å². The van der Waals surface area contributed by atoms with Crippen LogP contribution in [0.15, 0.2) is 78.9 Å². The number of carbonyl (C=O) groups excluding carboxylic acids is 2. The van der Waals surface area contributed by atoms with Crippen LogP contribution >= 0.6 is 11.3 Å². The number of hydrogen-bond acceptors (Lipinski definition) is 7. The molecule has 3 aromatic carbocycles. The number of fused-ring (bicyclic) bond motifs is 1. The van der Waals surface area contributed by atoms with Crippen LogP contribution in [0, 0.1) is 0 Å². The third-order valence-electron chi connectivity index (χ3n) is 9.93. The smallest absolute Gasteiger partial charge is 0.410 e. The van der Waals surface area contributed by atoms with Crippen molar-refractivity contribution in [2.24, 2.45) is 0 Å². The second kappa shape index (κ2) is 15.1. The Morgan fingerprint density at radius 2 is 1.53 bits per heavy atom. The van der Waals surface area contributed by atoms with E-state index >= 15 is 0 Å². The van der Waals surface area contributed by atoms with Gasteiger partial charge in [0.1, 0.15) is 20.8 Å². The molecule has 1 amide bonds. The van der Waals surface area contributed by atoms with Crippen molar-refractivity contribution < 1.29 is 24.2 Å². The highest BCUT2D eigenvalue weighted by Crippen LogP contribution is 2.43. The molecule has 0 spiro atoms. The third kappa shape index (κ3) is 7.47. The molecule has 4 aromatic rings. The summed E-state index contributed by atoms with van der Waals surface area (Å²) in [4.78, 5) is 33.4. The van der Waals surface area contributed by atoms with Crippen molar-refractivity contribution >= 4 is 46.3 Å². The Morgan fingerprint density at radius 1 is 0.894 bits per heavy atom. The van der Waals surface area contributed by atoms with Gasteiger partial charge < -0.3 is 19.5 Å². The quantitative estimate of drug-likeness (QED) is 0.127. The molecule has 3 unspecified atom stereocenters. The van der Waals surface area contributed by atoms with Gasteiger partial charge in [0.25, 0.3) is 0 Å². The Morgan fingerprint density at radius 3 is 2.17 bits per heavy atom. The van der Waals surface area contributed by atoms with Crippen molar-refractivity contribution in [3.05, 3.63) is 95.6 Å². The molecule has 1 aromatic heterocycles. The topological polar surface area (TPSA) is 89.0 Å². The summed E-state index contributed by atoms with van der Waals surface area (Å²) in [7, 11) is -1.98. The molecule has 0 radical (unpaired) electrons. The molecule has 7 nitrogen and oxygen atoms in total. The van der Waals surface area contributed by atoms with E-state index in [9.17, 15) is 14.7 Å². The number of hydrogen-bond donors (Lipinski definition) is 1. The number of benzene rings is 3. The van der Waals surface area contributed by atoms with E-state index in [-0.39, 0.29) is 19.2 Å². The number of carbonyl (C=O) groups is 2. The number of piperidine rings is 1. The Kier molecular flexibility index (Phi) is 11.2. The number of rotatable bonds is 11. The molecular weight excluding hydrogens is 625 g/mol. The normalized spacial score (nSPS) is 17.8. The van der Waals surface area contributed by atoms with Crippen molar-refractivity contribution in [2.75, 3.05) is 6.54 Å². The van der Waals surface area contributed by atoms with Crippen LogP contribution in [0.1, 0.15) is 88.4 Å². The highest BCUT2D eigenvalue weighted by Gasteiger charge is 2.47. The van der Waals surface area contributed by atoms with Crippen molar-refractivity contribution in [1.29, 1.82) is 0 Å². The first-order valence-electron chi connectivity index (χ1n) is 16.8. The molecule has 1 N–H and O–H groups in total. The highest BCUT2D eigenvalue weighted by atomic mass is 32.1. The van der Waals surface area contributed by atoms with E-state index in [0.717, 1.165) is 21.3 Å². The predicted octanol–water partition coefficient (Wildman–Crippen LogP) is 8.63. The van der Waals surface area contributed by atoms with Gasteiger partial charge in [-0.25, -0.2) is 14.6 Å². The summed E-state index contributed by atoms with van der Waals surface area (Å²) in [6.45, 7) is 14.4. The molecule has 9 heteroatoms. The summed E-state index contributed by atoms with van der Waals surface area (Å²) in [6.07, 6.45) is -0.332. The van der Waals surface area contributed by atoms with Crippen LogP contribution in [0.5, 0.6) is 0 Å². The molecule has 250 valence electrons. The average Bonchev–Trinajstić information content (AvgIpc) is 3.49. The van der Waals surface area contributed by atoms with Gasteiger partial charge in [-0.15, -0.1) is 11.3 Å². The third-order valence-corrected chi connectivity index (χ3v) is 18.7. The summed E-state index contributed by atoms with van der Waals surface area (Å²) >= 11 is 1.79. The number of ether oxygens (including phenoxy) is 2. The minimum absolute atomic E-state index is 0.133. The van der Waals surface area contributed by atoms with Gasteiger partial charge in [-0.05, 0) is 59.6 Å². The van der Waals surface area contributed by atoms with E-state index in [2.05, 4.69) is 47.6 Å². The molecule has 0 aliphatic carbocycles. The van der Waals surface area contributed by atoms with Gasteiger partial charge in [-0.2, -0.15) is 0 Å². The molecule has 5 rings (SSSR count). The molecule has 2 heterocycles. The zero-order valence-electron chi connectivity index (χ0n) is 28.4. The molecule has 1 aliphatic heterocycles. The van der Waals surface area contributed by atoms with Gasteiger partial charge in [-0.3, -0.25) is 0 Å². The van der Waals surface area contributed by atoms with Crippen molar-refractivity contribution in [1.82, 2.24) is 9.88 Å². The lowest BCUT2D eigenvalue weighted by atomic mass is 9.93. The lowest BCUT2D eigenvalue weighted by Gasteiger charge is -2.41. The Labute approximate surface area is 284 Å². The molecule has 1 saturated heterocycles. The summed E-state index contributed by atoms with van der Waals surface area (Å²) in [5.41, 5.74) is 4.59. The largest absolute Gasteiger partial charge is 0.457 e. The van der Waals surface area contributed by atoms with Crippen LogP contribution in [0.3, 0.4) is 0 Å². The monoisotopic (exact) mass is 672 g/mol. The zero-order valence-corrected chi connectivity index (χ0v) is 30.2. The minimum Gasteiger partial charge on any atom is -0.457 e. The van der Waals surface area contributed by atoms with Crippen molar-refractivity contribution in [3.63, 3.8) is 0 Å². The molecule has 1 fully saturated rings. The first-order valence-corrected chi connectivity index (χ1v) is 19.9. The summed E-state index contributed by atoms with van der Waals surface area (Å²) < 4.78 is 14.0. The number of aliphatic hydroxyl groups is 1. The van der Waals surface area contributed by atoms with E-state index in [1.54, 1.807) is 40.5 Å². The second-order valence-corrected chi connectivity index (χ2v) is 20.9. The molecule has 1 aliphatic rings. The zero-order chi connectivity index (χ0) is 33.7. The first kappa shape index (κ1) is 34.8. The lowest BCUT2D eigenvalue weighted by Crippen LogP contribution is -2.55. The minimum atomic E-state index is -1.98. The standard InChI is InChI=1S/C38H48N2O5SSi/c1-25(2)47(26(3)4,27(5)6)37-39-35-32(18-13-19-34(35)46-37)33(41)22-30-20-21-31(45-36(42)29-16-11-8-12-17-29)23-40(30)38(43)44-24-28-14-9-7-10-15-28/h7-19,25-27,30-31,33,41H,20-24H2,1-6H3. The van der Waals surface area contributed by atoms with Crippen LogP contribution in [0.25, 0.3) is 10.2 Å². The van der Waals surface area contributed by atoms with Gasteiger partial charge in [-0.1, -0.05) is 102 Å². The molecule has 3 atom stereocenters. The van der Waals surface area contributed by atoms with E-state index in [1.165, 1.54) is 4.63 Å². The maximum atomic E-state index is 13.6. The number of para-hydroxylation sites is 1. The van der Waals surface area contributed by atoms with Crippen LogP contribution in [0.2, 0.25) is 16.6 Å². The lowest BCUT2D eigenvalue weighted by molar-refractivity contribution is -0.0167. The van der Waals surface area contributed by atoms with Crippen LogP contribution in [0.4, 0.5) is 4.79 Å². The van der Waals surface area contributed by atoms with Gasteiger partial charge >= 0.3 is 12.1 Å². The maximum Gasteiger partial charge on any atom is 0.410 e. The first-order chi connectivity index (χ1) is 22.5. The van der Waals surface area contributed by atoms with E-state index in [4.69, 9.17) is 14.5 Å². The molecular formula is C38H48N2O5SSi. The van der Waals surface area contributed by atoms with E-state index in [0.29, 0.717) is 41.4 Å². The second-order valence-electron chi connectivity index (χ2n) is 13.7. The summed E-state index contributed by atoms with van der Waals surface area (Å²) in [5.74, 6) is -0.415. The fourth-order valence-corrected chi connectivity index (χ4v) is 17.4. The number of aliphatic hydroxyl groups excluding tert-OH is 1. The van der Waals surface area contributed by atoms with Crippen molar-refractivity contribution in [2.45, 2.75) is 102 Å². The number of thiazole rings is 1. The number of nitrogens with zero attached hydrogens (tertiary/aromatic N) is 2. The molecule has 0 bridgehead atoms. The number of likely N-dealkylation sites (tertiary alicyclic amines) is 1. The Bertz CT molecular complexity index is 1620. The van der Waals surface area contributed by atoms with Gasteiger partial charge in [0.05, 0.1) is 33.1 Å². The number of esters is 1. The van der Waals surface area contributed by atoms with Crippen LogP contribution < -0.4 is 4.63 Å². The average molecular weight is 673 g/mol. The predicted molar refractivity (Wildman–Crippen MR) is 192 cm³/mol.